The van der Waals surface area contributed by atoms with Gasteiger partial charge < -0.3 is 5.32 Å². The summed E-state index contributed by atoms with van der Waals surface area (Å²) in [6, 6.07) is 15.7. The first-order valence-corrected chi connectivity index (χ1v) is 11.6. The molecule has 0 aliphatic rings. The minimum Gasteiger partial charge on any atom is -0.355 e. The fraction of sp³-hybridized carbons (Fsp3) is 0.400. The number of nitrogens with one attached hydrogen (secondary N) is 1. The smallest absolute Gasteiger partial charge is 0.0775 e. The number of hydrogen-bond donors (Lipinski definition) is 1. The van der Waals surface area contributed by atoms with Gasteiger partial charge >= 0.3 is 0 Å². The average molecular weight is 312 g/mol. The van der Waals surface area contributed by atoms with E-state index < -0.39 is 8.07 Å². The van der Waals surface area contributed by atoms with E-state index in [1.54, 1.807) is 0 Å². The standard InChI is InChI=1S/C20H29NSi/c1-15-14-16(20(2,3)4)8-13-19(15)21-17-9-11-18(12-10-17)22(5,6)7/h8-14,21H,1-7H3. The van der Waals surface area contributed by atoms with Crippen LogP contribution in [-0.4, -0.2) is 8.07 Å². The van der Waals surface area contributed by atoms with Gasteiger partial charge in [0.15, 0.2) is 0 Å². The van der Waals surface area contributed by atoms with Crippen LogP contribution in [0.5, 0.6) is 0 Å². The molecule has 0 saturated carbocycles. The van der Waals surface area contributed by atoms with Crippen LogP contribution in [0.2, 0.25) is 19.6 Å². The summed E-state index contributed by atoms with van der Waals surface area (Å²) in [5.74, 6) is 0. The highest BCUT2D eigenvalue weighted by Gasteiger charge is 2.16. The predicted molar refractivity (Wildman–Crippen MR) is 103 cm³/mol. The first kappa shape index (κ1) is 16.8. The first-order chi connectivity index (χ1) is 10.1. The van der Waals surface area contributed by atoms with Crippen LogP contribution >= 0.6 is 0 Å². The summed E-state index contributed by atoms with van der Waals surface area (Å²) in [5, 5.41) is 5.04. The molecule has 2 aromatic rings. The Balaban J connectivity index is 2.21. The van der Waals surface area contributed by atoms with Gasteiger partial charge in [-0.3, -0.25) is 0 Å². The molecule has 0 bridgehead atoms. The largest absolute Gasteiger partial charge is 0.355 e. The zero-order valence-electron chi connectivity index (χ0n) is 15.0. The monoisotopic (exact) mass is 311 g/mol. The van der Waals surface area contributed by atoms with Crippen molar-refractivity contribution in [2.45, 2.75) is 52.8 Å². The Hall–Kier alpha value is -1.54. The van der Waals surface area contributed by atoms with Crippen LogP contribution in [0, 0.1) is 6.92 Å². The fourth-order valence-corrected chi connectivity index (χ4v) is 3.65. The van der Waals surface area contributed by atoms with Crippen LogP contribution in [0.1, 0.15) is 31.9 Å². The maximum atomic E-state index is 3.54. The van der Waals surface area contributed by atoms with Crippen molar-refractivity contribution in [1.82, 2.24) is 0 Å². The third-order valence-electron chi connectivity index (χ3n) is 4.12. The van der Waals surface area contributed by atoms with Crippen molar-refractivity contribution in [3.63, 3.8) is 0 Å². The van der Waals surface area contributed by atoms with Gasteiger partial charge in [0.2, 0.25) is 0 Å². The number of aryl methyl sites for hydroxylation is 1. The molecule has 0 aliphatic heterocycles. The number of anilines is 2. The lowest BCUT2D eigenvalue weighted by Crippen LogP contribution is -2.37. The van der Waals surface area contributed by atoms with E-state index in [1.165, 1.54) is 22.0 Å². The Morgan fingerprint density at radius 1 is 0.864 bits per heavy atom. The van der Waals surface area contributed by atoms with Gasteiger partial charge in [-0.15, -0.1) is 0 Å². The zero-order chi connectivity index (χ0) is 16.5. The third-order valence-corrected chi connectivity index (χ3v) is 6.19. The van der Waals surface area contributed by atoms with Gasteiger partial charge in [-0.1, -0.05) is 69.9 Å². The Labute approximate surface area is 136 Å². The predicted octanol–water partition coefficient (Wildman–Crippen LogP) is 5.58. The van der Waals surface area contributed by atoms with Gasteiger partial charge in [0.25, 0.3) is 0 Å². The molecule has 2 rings (SSSR count). The second-order valence-electron chi connectivity index (χ2n) is 8.23. The zero-order valence-corrected chi connectivity index (χ0v) is 16.0. The van der Waals surface area contributed by atoms with E-state index in [0.717, 1.165) is 5.69 Å². The van der Waals surface area contributed by atoms with E-state index in [4.69, 9.17) is 0 Å². The summed E-state index contributed by atoms with van der Waals surface area (Å²) < 4.78 is 0. The Bertz CT molecular complexity index is 643. The Morgan fingerprint density at radius 2 is 1.45 bits per heavy atom. The molecule has 118 valence electrons. The van der Waals surface area contributed by atoms with Crippen molar-refractivity contribution >= 4 is 24.6 Å². The molecule has 0 spiro atoms. The molecule has 0 radical (unpaired) electrons. The molecule has 0 saturated heterocycles. The first-order valence-electron chi connectivity index (χ1n) is 8.06. The summed E-state index contributed by atoms with van der Waals surface area (Å²) in [6.45, 7) is 16.1. The molecular weight excluding hydrogens is 282 g/mol. The highest BCUT2D eigenvalue weighted by molar-refractivity contribution is 6.88. The molecular formula is C20H29NSi. The molecule has 0 heterocycles. The summed E-state index contributed by atoms with van der Waals surface area (Å²) >= 11 is 0. The maximum Gasteiger partial charge on any atom is 0.0775 e. The highest BCUT2D eigenvalue weighted by Crippen LogP contribution is 2.28. The minimum atomic E-state index is -1.22. The lowest BCUT2D eigenvalue weighted by molar-refractivity contribution is 0.590. The third kappa shape index (κ3) is 4.01. The van der Waals surface area contributed by atoms with Crippen molar-refractivity contribution in [2.24, 2.45) is 0 Å². The number of rotatable bonds is 3. The van der Waals surface area contributed by atoms with E-state index in [1.807, 2.05) is 0 Å². The van der Waals surface area contributed by atoms with Gasteiger partial charge in [-0.05, 0) is 41.7 Å². The lowest BCUT2D eigenvalue weighted by atomic mass is 9.86. The topological polar surface area (TPSA) is 12.0 Å². The van der Waals surface area contributed by atoms with Crippen molar-refractivity contribution in [1.29, 1.82) is 0 Å². The molecule has 2 heteroatoms. The second-order valence-corrected chi connectivity index (χ2v) is 13.3. The van der Waals surface area contributed by atoms with Gasteiger partial charge in [0.1, 0.15) is 0 Å². The normalized spacial score (nSPS) is 12.3. The SMILES string of the molecule is Cc1cc(C(C)(C)C)ccc1Nc1ccc([Si](C)(C)C)cc1. The fourth-order valence-electron chi connectivity index (χ4n) is 2.48. The van der Waals surface area contributed by atoms with Crippen molar-refractivity contribution in [2.75, 3.05) is 5.32 Å². The number of hydrogen-bond acceptors (Lipinski definition) is 1. The van der Waals surface area contributed by atoms with E-state index in [9.17, 15) is 0 Å². The van der Waals surface area contributed by atoms with Crippen molar-refractivity contribution in [3.8, 4) is 0 Å². The Kier molecular flexibility index (Phi) is 4.53. The second kappa shape index (κ2) is 5.92. The van der Waals surface area contributed by atoms with E-state index in [-0.39, 0.29) is 5.41 Å². The molecule has 0 atom stereocenters. The van der Waals surface area contributed by atoms with Crippen LogP contribution in [0.4, 0.5) is 11.4 Å². The van der Waals surface area contributed by atoms with Crippen LogP contribution < -0.4 is 10.5 Å². The van der Waals surface area contributed by atoms with Gasteiger partial charge in [0, 0.05) is 11.4 Å². The summed E-state index contributed by atoms with van der Waals surface area (Å²) in [4.78, 5) is 0. The van der Waals surface area contributed by atoms with E-state index >= 15 is 0 Å². The molecule has 2 aromatic carbocycles. The molecule has 0 unspecified atom stereocenters. The van der Waals surface area contributed by atoms with Crippen molar-refractivity contribution in [3.05, 3.63) is 53.6 Å². The Morgan fingerprint density at radius 3 is 1.91 bits per heavy atom. The summed E-state index contributed by atoms with van der Waals surface area (Å²) in [6.07, 6.45) is 0. The minimum absolute atomic E-state index is 0.197. The van der Waals surface area contributed by atoms with Gasteiger partial charge in [0.05, 0.1) is 8.07 Å². The van der Waals surface area contributed by atoms with Crippen LogP contribution in [0.15, 0.2) is 42.5 Å². The van der Waals surface area contributed by atoms with Crippen LogP contribution in [0.25, 0.3) is 0 Å². The summed E-state index contributed by atoms with van der Waals surface area (Å²) in [7, 11) is -1.22. The molecule has 22 heavy (non-hydrogen) atoms. The molecule has 0 amide bonds. The maximum absolute atomic E-state index is 3.54. The van der Waals surface area contributed by atoms with Gasteiger partial charge in [-0.25, -0.2) is 0 Å². The summed E-state index contributed by atoms with van der Waals surface area (Å²) in [5.41, 5.74) is 5.22. The lowest BCUT2D eigenvalue weighted by Gasteiger charge is -2.21. The molecule has 1 nitrogen and oxygen atoms in total. The van der Waals surface area contributed by atoms with Crippen LogP contribution in [0.3, 0.4) is 0 Å². The highest BCUT2D eigenvalue weighted by atomic mass is 28.3. The van der Waals surface area contributed by atoms with Gasteiger partial charge in [-0.2, -0.15) is 0 Å². The molecule has 1 N–H and O–H groups in total. The number of benzene rings is 2. The molecule has 0 aliphatic carbocycles. The van der Waals surface area contributed by atoms with Crippen LogP contribution in [-0.2, 0) is 5.41 Å². The average Bonchev–Trinajstić information content (AvgIpc) is 2.39. The molecule has 0 fully saturated rings. The van der Waals surface area contributed by atoms with E-state index in [0.29, 0.717) is 0 Å². The van der Waals surface area contributed by atoms with E-state index in [2.05, 4.69) is 95.1 Å². The quantitative estimate of drug-likeness (QED) is 0.729. The van der Waals surface area contributed by atoms with Crippen molar-refractivity contribution < 1.29 is 0 Å². The molecule has 0 aromatic heterocycles.